The molecule has 480 valence electrons. The Bertz CT molecular complexity index is 3290. The van der Waals surface area contributed by atoms with Crippen molar-refractivity contribution in [2.75, 3.05) is 88.3 Å². The molecule has 3 N–H and O–H groups in total. The van der Waals surface area contributed by atoms with Gasteiger partial charge in [-0.25, -0.2) is 22.8 Å². The van der Waals surface area contributed by atoms with Crippen molar-refractivity contribution in [3.63, 3.8) is 0 Å². The van der Waals surface area contributed by atoms with Crippen LogP contribution in [0.3, 0.4) is 0 Å². The summed E-state index contributed by atoms with van der Waals surface area (Å²) in [6, 6.07) is 17.0. The normalized spacial score (nSPS) is 23.1. The molecule has 9 rings (SSSR count). The predicted molar refractivity (Wildman–Crippen MR) is 329 cm³/mol. The van der Waals surface area contributed by atoms with E-state index >= 15 is 23.2 Å². The van der Waals surface area contributed by atoms with Gasteiger partial charge >= 0.3 is 12.2 Å². The Hall–Kier alpha value is -7.40. The lowest BCUT2D eigenvalue weighted by molar-refractivity contribution is -0.135. The highest BCUT2D eigenvalue weighted by Gasteiger charge is 2.50. The highest BCUT2D eigenvalue weighted by atomic mass is 19.1. The molecule has 0 spiro atoms. The number of ether oxygens (including phenoxy) is 4. The number of fused-ring (bicyclic) bond motifs is 2. The van der Waals surface area contributed by atoms with Crippen LogP contribution in [0.5, 0.6) is 0 Å². The van der Waals surface area contributed by atoms with E-state index in [2.05, 4.69) is 32.7 Å². The molecule has 4 aromatic rings. The maximum atomic E-state index is 15.4. The van der Waals surface area contributed by atoms with E-state index in [1.165, 1.54) is 26.1 Å². The summed E-state index contributed by atoms with van der Waals surface area (Å²) < 4.78 is 67.6. The number of rotatable bonds is 16. The van der Waals surface area contributed by atoms with Gasteiger partial charge < -0.3 is 44.7 Å². The first kappa shape index (κ1) is 66.0. The number of halogens is 3. The summed E-state index contributed by atoms with van der Waals surface area (Å²) in [4.78, 5) is 111. The number of hydrogen-bond donors (Lipinski definition) is 3. The number of ketones is 1. The fourth-order valence-electron chi connectivity index (χ4n) is 12.8. The smallest absolute Gasteiger partial charge is 0.410 e. The van der Waals surface area contributed by atoms with E-state index in [0.717, 1.165) is 34.2 Å². The minimum atomic E-state index is -1.40. The monoisotopic (exact) mass is 1230 g/mol. The van der Waals surface area contributed by atoms with Gasteiger partial charge in [0.1, 0.15) is 40.4 Å². The number of amides is 6. The zero-order valence-electron chi connectivity index (χ0n) is 52.9. The van der Waals surface area contributed by atoms with Crippen molar-refractivity contribution in [1.82, 2.24) is 24.9 Å². The van der Waals surface area contributed by atoms with Crippen molar-refractivity contribution in [3.05, 3.63) is 124 Å². The number of piperazine rings is 1. The molecule has 0 aromatic heterocycles. The van der Waals surface area contributed by atoms with Crippen LogP contribution >= 0.6 is 0 Å². The second-order valence-corrected chi connectivity index (χ2v) is 26.8. The summed E-state index contributed by atoms with van der Waals surface area (Å²) in [5.41, 5.74) is 0.0481. The molecular formula is C67H85F3N8O11. The van der Waals surface area contributed by atoms with E-state index in [9.17, 15) is 23.6 Å². The Kier molecular flexibility index (Phi) is 20.0. The molecule has 6 amide bonds. The van der Waals surface area contributed by atoms with Crippen molar-refractivity contribution in [2.24, 2.45) is 11.8 Å². The third kappa shape index (κ3) is 15.3. The average molecular weight is 1240 g/mol. The first-order valence-electron chi connectivity index (χ1n) is 30.8. The maximum Gasteiger partial charge on any atom is 0.410 e. The molecule has 5 aliphatic rings. The first-order chi connectivity index (χ1) is 42.0. The maximum absolute atomic E-state index is 15.4. The quantitative estimate of drug-likeness (QED) is 0.0962. The van der Waals surface area contributed by atoms with Crippen molar-refractivity contribution >= 4 is 58.7 Å². The molecule has 3 saturated heterocycles. The number of likely N-dealkylation sites (N-methyl/N-ethyl adjacent to an activating group) is 1. The number of Topliss-reactive ketones (excluding diaryl/α,β-unsaturated/α-hetero) is 1. The third-order valence-corrected chi connectivity index (χ3v) is 17.8. The first-order valence-corrected chi connectivity index (χ1v) is 30.8. The Balaban J connectivity index is 1.02. The van der Waals surface area contributed by atoms with Crippen LogP contribution in [0.4, 0.5) is 39.8 Å². The molecule has 3 fully saturated rings. The average Bonchev–Trinajstić information content (AvgIpc) is 1.64. The number of nitrogens with one attached hydrogen (secondary N) is 3. The van der Waals surface area contributed by atoms with Crippen LogP contribution in [0.1, 0.15) is 116 Å². The summed E-state index contributed by atoms with van der Waals surface area (Å²) >= 11 is 0. The predicted octanol–water partition coefficient (Wildman–Crippen LogP) is 8.60. The lowest BCUT2D eigenvalue weighted by atomic mass is 9.79. The van der Waals surface area contributed by atoms with E-state index in [-0.39, 0.29) is 68.3 Å². The van der Waals surface area contributed by atoms with Crippen LogP contribution in [0.2, 0.25) is 0 Å². The lowest BCUT2D eigenvalue weighted by Gasteiger charge is -2.47. The highest BCUT2D eigenvalue weighted by molar-refractivity contribution is 6.08. The fourth-order valence-corrected chi connectivity index (χ4v) is 12.8. The minimum Gasteiger partial charge on any atom is -0.444 e. The topological polar surface area (TPSA) is 209 Å². The second kappa shape index (κ2) is 27.0. The Morgan fingerprint density at radius 3 is 2.12 bits per heavy atom. The molecular weight excluding hydrogens is 1150 g/mol. The van der Waals surface area contributed by atoms with Crippen LogP contribution in [0.15, 0.2) is 78.9 Å². The molecule has 0 radical (unpaired) electrons. The molecule has 2 unspecified atom stereocenters. The van der Waals surface area contributed by atoms with Crippen molar-refractivity contribution < 1.29 is 65.7 Å². The molecule has 4 heterocycles. The summed E-state index contributed by atoms with van der Waals surface area (Å²) in [6.07, 6.45) is -0.0702. The molecule has 19 nitrogen and oxygen atoms in total. The van der Waals surface area contributed by atoms with Gasteiger partial charge in [-0.05, 0) is 171 Å². The number of benzene rings is 4. The van der Waals surface area contributed by atoms with Gasteiger partial charge in [-0.1, -0.05) is 36.4 Å². The van der Waals surface area contributed by atoms with Crippen LogP contribution in [-0.4, -0.2) is 175 Å². The van der Waals surface area contributed by atoms with E-state index < -0.39 is 99.5 Å². The molecule has 22 heteroatoms. The van der Waals surface area contributed by atoms with Gasteiger partial charge in [0.2, 0.25) is 23.6 Å². The Labute approximate surface area is 519 Å². The lowest BCUT2D eigenvalue weighted by Crippen LogP contribution is -2.64. The van der Waals surface area contributed by atoms with Gasteiger partial charge in [0, 0.05) is 88.4 Å². The number of hydrogen-bond acceptors (Lipinski definition) is 13. The van der Waals surface area contributed by atoms with Crippen molar-refractivity contribution in [1.29, 1.82) is 0 Å². The largest absolute Gasteiger partial charge is 0.444 e. The number of carbonyl (C=O) groups is 7. The molecule has 8 atom stereocenters. The van der Waals surface area contributed by atoms with Gasteiger partial charge in [-0.3, -0.25) is 38.7 Å². The molecule has 0 saturated carbocycles. The van der Waals surface area contributed by atoms with Gasteiger partial charge in [-0.15, -0.1) is 0 Å². The van der Waals surface area contributed by atoms with Gasteiger partial charge in [0.15, 0.2) is 5.78 Å². The van der Waals surface area contributed by atoms with E-state index in [1.807, 2.05) is 45.9 Å². The van der Waals surface area contributed by atoms with Gasteiger partial charge in [0.05, 0.1) is 37.1 Å². The summed E-state index contributed by atoms with van der Waals surface area (Å²) in [6.45, 7) is 21.2. The molecule has 0 bridgehead atoms. The van der Waals surface area contributed by atoms with Crippen LogP contribution < -0.4 is 20.9 Å². The molecule has 1 aliphatic carbocycles. The molecule has 4 aliphatic heterocycles. The summed E-state index contributed by atoms with van der Waals surface area (Å²) in [7, 11) is 1.41. The summed E-state index contributed by atoms with van der Waals surface area (Å²) in [5.74, 6) is -8.39. The number of carbonyl (C=O) groups excluding carboxylic acids is 7. The van der Waals surface area contributed by atoms with Crippen molar-refractivity contribution in [2.45, 2.75) is 148 Å². The minimum absolute atomic E-state index is 0.0211. The number of morpholine rings is 1. The van der Waals surface area contributed by atoms with Crippen LogP contribution in [0, 0.1) is 29.3 Å². The van der Waals surface area contributed by atoms with Gasteiger partial charge in [-0.2, -0.15) is 0 Å². The zero-order valence-corrected chi connectivity index (χ0v) is 52.9. The highest BCUT2D eigenvalue weighted by Crippen LogP contribution is 2.45. The second-order valence-electron chi connectivity index (χ2n) is 26.8. The Morgan fingerprint density at radius 2 is 1.46 bits per heavy atom. The molecule has 4 aromatic carbocycles. The summed E-state index contributed by atoms with van der Waals surface area (Å²) in [5, 5.41) is 8.40. The van der Waals surface area contributed by atoms with E-state index in [4.69, 9.17) is 18.9 Å². The van der Waals surface area contributed by atoms with Crippen LogP contribution in [0.25, 0.3) is 0 Å². The van der Waals surface area contributed by atoms with Crippen molar-refractivity contribution in [3.8, 4) is 0 Å². The SMILES string of the molecule is C[C@@H]1COCCN1C[C@H]1CN(C(=O)OC(C)(C)C)[C@H](C)CN1CC(=O)N1CC(C)(C(=O)Nc2ccc3c(c2)[C@@H](C(=O)Nc2c(F)cccc2F)C(C(=O)[C@@H](NC(=O)[C@H](C)N(C)C(=O)OC(C)(C)C)C2CCOCC2)C3)c2ccc(Cc3ccc(F)cc3)cc21. The fraction of sp³-hybridized carbons (Fsp3) is 0.537. The third-order valence-electron chi connectivity index (χ3n) is 17.8. The zero-order chi connectivity index (χ0) is 64.4. The standard InChI is InChI=1S/C67H85F3N8O11/c1-39-33-76(48(34-75-25-28-87-37-40(75)2)35-77(39)64(85)89-66(7,8)9)36-55(79)78-38-67(10,51-22-17-43(30-54(51)78)29-42-15-19-46(68)20-16-42)62(83)71-47-21-18-45-31-50(56(49(45)32-47)61(82)73-58-52(69)13-12-14-53(58)70)59(80)57(44-23-26-86-27-24-44)72-60(81)41(3)74(11)63(84)88-65(4,5)6/h12-22,30,32,39-41,44,48,50,56-57H,23-29,31,33-38H2,1-11H3,(H,71,83)(H,72,81)(H,73,82)/t39-,40-,41+,48+,50?,56-,57+,67?/m1/s1. The Morgan fingerprint density at radius 1 is 0.787 bits per heavy atom. The van der Waals surface area contributed by atoms with E-state index in [0.29, 0.717) is 81.0 Å². The van der Waals surface area contributed by atoms with E-state index in [1.54, 1.807) is 67.8 Å². The molecule has 89 heavy (non-hydrogen) atoms. The van der Waals surface area contributed by atoms with Crippen LogP contribution in [-0.2, 0) is 61.2 Å². The number of anilines is 3. The number of para-hydroxylation sites is 1. The van der Waals surface area contributed by atoms with Gasteiger partial charge in [0.25, 0.3) is 0 Å². The number of nitrogens with zero attached hydrogens (tertiary/aromatic N) is 5.